The Labute approximate surface area is 109 Å². The van der Waals surface area contributed by atoms with Crippen molar-refractivity contribution in [1.82, 2.24) is 5.32 Å². The molecular formula is C12H15NO6. The number of aromatic hydroxyl groups is 1. The molecule has 0 saturated carbocycles. The maximum Gasteiger partial charge on any atom is 0.326 e. The SMILES string of the molecule is COc1ccc(C(=O)N[C@H](CCO)C(=O)O)cc1O. The smallest absolute Gasteiger partial charge is 0.326 e. The molecule has 1 atom stereocenters. The van der Waals surface area contributed by atoms with Crippen LogP contribution in [0.5, 0.6) is 11.5 Å². The minimum absolute atomic E-state index is 0.0940. The van der Waals surface area contributed by atoms with Crippen LogP contribution in [0.2, 0.25) is 0 Å². The molecule has 0 aromatic heterocycles. The number of carbonyl (C=O) groups excluding carboxylic acids is 1. The Kier molecular flexibility index (Phi) is 5.13. The third-order valence-electron chi connectivity index (χ3n) is 2.46. The molecule has 7 nitrogen and oxygen atoms in total. The van der Waals surface area contributed by atoms with Crippen molar-refractivity contribution in [3.05, 3.63) is 23.8 Å². The number of amides is 1. The lowest BCUT2D eigenvalue weighted by Crippen LogP contribution is -2.41. The number of carboxylic acids is 1. The molecule has 19 heavy (non-hydrogen) atoms. The fourth-order valence-corrected chi connectivity index (χ4v) is 1.46. The maximum atomic E-state index is 11.8. The number of carboxylic acid groups (broad SMARTS) is 1. The molecule has 1 aromatic carbocycles. The van der Waals surface area contributed by atoms with E-state index >= 15 is 0 Å². The fourth-order valence-electron chi connectivity index (χ4n) is 1.46. The first kappa shape index (κ1) is 14.8. The lowest BCUT2D eigenvalue weighted by molar-refractivity contribution is -0.139. The largest absolute Gasteiger partial charge is 0.504 e. The number of rotatable bonds is 6. The van der Waals surface area contributed by atoms with Crippen molar-refractivity contribution >= 4 is 11.9 Å². The summed E-state index contributed by atoms with van der Waals surface area (Å²) < 4.78 is 4.83. The minimum Gasteiger partial charge on any atom is -0.504 e. The first-order valence-corrected chi connectivity index (χ1v) is 5.51. The minimum atomic E-state index is -1.24. The second kappa shape index (κ2) is 6.60. The number of phenols is 1. The number of hydrogen-bond acceptors (Lipinski definition) is 5. The van der Waals surface area contributed by atoms with Crippen LogP contribution in [0, 0.1) is 0 Å². The van der Waals surface area contributed by atoms with Crippen molar-refractivity contribution in [1.29, 1.82) is 0 Å². The molecule has 1 rings (SSSR count). The van der Waals surface area contributed by atoms with Gasteiger partial charge in [-0.25, -0.2) is 4.79 Å². The van der Waals surface area contributed by atoms with E-state index in [0.29, 0.717) is 0 Å². The summed E-state index contributed by atoms with van der Waals surface area (Å²) in [5.74, 6) is -1.90. The highest BCUT2D eigenvalue weighted by atomic mass is 16.5. The zero-order chi connectivity index (χ0) is 14.4. The van der Waals surface area contributed by atoms with Crippen LogP contribution in [-0.4, -0.2) is 47.0 Å². The van der Waals surface area contributed by atoms with Crippen LogP contribution >= 0.6 is 0 Å². The van der Waals surface area contributed by atoms with Gasteiger partial charge in [0, 0.05) is 18.6 Å². The van der Waals surface area contributed by atoms with Crippen molar-refractivity contribution in [2.75, 3.05) is 13.7 Å². The average Bonchev–Trinajstić information content (AvgIpc) is 2.37. The van der Waals surface area contributed by atoms with Crippen LogP contribution in [0.3, 0.4) is 0 Å². The topological polar surface area (TPSA) is 116 Å². The van der Waals surface area contributed by atoms with Gasteiger partial charge >= 0.3 is 5.97 Å². The number of aliphatic carboxylic acids is 1. The first-order chi connectivity index (χ1) is 8.99. The molecule has 0 bridgehead atoms. The molecular weight excluding hydrogens is 254 g/mol. The summed E-state index contributed by atoms with van der Waals surface area (Å²) in [5, 5.41) is 29.3. The molecule has 0 aliphatic heterocycles. The normalized spacial score (nSPS) is 11.7. The van der Waals surface area contributed by atoms with E-state index in [-0.39, 0.29) is 30.1 Å². The van der Waals surface area contributed by atoms with E-state index in [9.17, 15) is 14.7 Å². The van der Waals surface area contributed by atoms with E-state index in [0.717, 1.165) is 0 Å². The quantitative estimate of drug-likeness (QED) is 0.576. The Balaban J connectivity index is 2.82. The van der Waals surface area contributed by atoms with Crippen molar-refractivity contribution in [3.8, 4) is 11.5 Å². The predicted molar refractivity (Wildman–Crippen MR) is 65.3 cm³/mol. The van der Waals surface area contributed by atoms with E-state index in [4.69, 9.17) is 14.9 Å². The zero-order valence-electron chi connectivity index (χ0n) is 10.3. The molecule has 0 spiro atoms. The van der Waals surface area contributed by atoms with Gasteiger partial charge in [0.05, 0.1) is 7.11 Å². The number of nitrogens with one attached hydrogen (secondary N) is 1. The van der Waals surface area contributed by atoms with E-state index in [2.05, 4.69) is 5.32 Å². The average molecular weight is 269 g/mol. The van der Waals surface area contributed by atoms with Crippen molar-refractivity contribution < 1.29 is 29.6 Å². The third-order valence-corrected chi connectivity index (χ3v) is 2.46. The second-order valence-electron chi connectivity index (χ2n) is 3.76. The van der Waals surface area contributed by atoms with Gasteiger partial charge in [0.1, 0.15) is 6.04 Å². The van der Waals surface area contributed by atoms with Crippen molar-refractivity contribution in [3.63, 3.8) is 0 Å². The zero-order valence-corrected chi connectivity index (χ0v) is 10.3. The maximum absolute atomic E-state index is 11.8. The van der Waals surface area contributed by atoms with Gasteiger partial charge in [0.2, 0.25) is 0 Å². The monoisotopic (exact) mass is 269 g/mol. The number of aliphatic hydroxyl groups excluding tert-OH is 1. The molecule has 1 amide bonds. The number of phenolic OH excluding ortho intramolecular Hbond substituents is 1. The summed E-state index contributed by atoms with van der Waals surface area (Å²) in [5.41, 5.74) is 0.0995. The lowest BCUT2D eigenvalue weighted by Gasteiger charge is -2.13. The van der Waals surface area contributed by atoms with Gasteiger partial charge in [0.15, 0.2) is 11.5 Å². The van der Waals surface area contributed by atoms with Crippen LogP contribution < -0.4 is 10.1 Å². The Morgan fingerprint density at radius 1 is 1.42 bits per heavy atom. The molecule has 0 heterocycles. The van der Waals surface area contributed by atoms with E-state index < -0.39 is 17.9 Å². The van der Waals surface area contributed by atoms with Gasteiger partial charge < -0.3 is 25.4 Å². The summed E-state index contributed by atoms with van der Waals surface area (Å²) in [4.78, 5) is 22.6. The molecule has 4 N–H and O–H groups in total. The summed E-state index contributed by atoms with van der Waals surface area (Å²) in [6.45, 7) is -0.356. The summed E-state index contributed by atoms with van der Waals surface area (Å²) in [6.07, 6.45) is -0.0940. The van der Waals surface area contributed by atoms with Crippen LogP contribution in [0.4, 0.5) is 0 Å². The first-order valence-electron chi connectivity index (χ1n) is 5.51. The van der Waals surface area contributed by atoms with Crippen LogP contribution in [0.15, 0.2) is 18.2 Å². The number of benzene rings is 1. The van der Waals surface area contributed by atoms with Crippen LogP contribution in [-0.2, 0) is 4.79 Å². The van der Waals surface area contributed by atoms with Gasteiger partial charge in [-0.05, 0) is 18.2 Å². The molecule has 104 valence electrons. The molecule has 1 aromatic rings. The summed E-state index contributed by atoms with van der Waals surface area (Å²) in [6, 6.07) is 2.78. The van der Waals surface area contributed by atoms with Gasteiger partial charge in [-0.1, -0.05) is 0 Å². The standard InChI is InChI=1S/C12H15NO6/c1-19-10-3-2-7(6-9(10)15)11(16)13-8(4-5-14)12(17)18/h2-3,6,8,14-15H,4-5H2,1H3,(H,13,16)(H,17,18)/t8-/m1/s1. The number of aliphatic hydroxyl groups is 1. The summed E-state index contributed by atoms with van der Waals surface area (Å²) in [7, 11) is 1.37. The Morgan fingerprint density at radius 3 is 2.58 bits per heavy atom. The van der Waals surface area contributed by atoms with Gasteiger partial charge in [-0.15, -0.1) is 0 Å². The predicted octanol–water partition coefficient (Wildman–Crippen LogP) is -0.0338. The third kappa shape index (κ3) is 3.85. The summed E-state index contributed by atoms with van der Waals surface area (Å²) >= 11 is 0. The molecule has 0 unspecified atom stereocenters. The van der Waals surface area contributed by atoms with Crippen LogP contribution in [0.25, 0.3) is 0 Å². The number of methoxy groups -OCH3 is 1. The molecule has 0 aliphatic rings. The van der Waals surface area contributed by atoms with Gasteiger partial charge in [-0.3, -0.25) is 4.79 Å². The molecule has 0 radical (unpaired) electrons. The lowest BCUT2D eigenvalue weighted by atomic mass is 10.1. The Morgan fingerprint density at radius 2 is 2.11 bits per heavy atom. The van der Waals surface area contributed by atoms with E-state index in [1.807, 2.05) is 0 Å². The molecule has 0 fully saturated rings. The number of ether oxygens (including phenoxy) is 1. The second-order valence-corrected chi connectivity index (χ2v) is 3.76. The van der Waals surface area contributed by atoms with Gasteiger partial charge in [-0.2, -0.15) is 0 Å². The van der Waals surface area contributed by atoms with Gasteiger partial charge in [0.25, 0.3) is 5.91 Å². The Bertz CT molecular complexity index is 473. The highest BCUT2D eigenvalue weighted by molar-refractivity contribution is 5.97. The Hall–Kier alpha value is -2.28. The van der Waals surface area contributed by atoms with Crippen molar-refractivity contribution in [2.24, 2.45) is 0 Å². The molecule has 7 heteroatoms. The number of hydrogen-bond donors (Lipinski definition) is 4. The van der Waals surface area contributed by atoms with E-state index in [1.165, 1.54) is 25.3 Å². The van der Waals surface area contributed by atoms with Crippen LogP contribution in [0.1, 0.15) is 16.8 Å². The highest BCUT2D eigenvalue weighted by Gasteiger charge is 2.20. The molecule has 0 saturated heterocycles. The number of carbonyl (C=O) groups is 2. The highest BCUT2D eigenvalue weighted by Crippen LogP contribution is 2.26. The fraction of sp³-hybridized carbons (Fsp3) is 0.333. The van der Waals surface area contributed by atoms with E-state index in [1.54, 1.807) is 0 Å². The van der Waals surface area contributed by atoms with Crippen molar-refractivity contribution in [2.45, 2.75) is 12.5 Å². The molecule has 0 aliphatic carbocycles.